The highest BCUT2D eigenvalue weighted by atomic mass is 16.6. The number of carbonyl (C=O) groups is 1. The van der Waals surface area contributed by atoms with Gasteiger partial charge in [-0.1, -0.05) is 13.0 Å². The Bertz CT molecular complexity index is 787. The van der Waals surface area contributed by atoms with Crippen LogP contribution in [0.3, 0.4) is 0 Å². The molecule has 1 aliphatic rings. The standard InChI is InChI=1S/C19H21N3O4/c1-14-7-10-21(11-8-14)17-6-5-15(12-18(17)22(24)25)19(23)26-13-16-4-2-3-9-20-16/h2-6,9,12,14H,7-8,10-11,13H2,1H3. The van der Waals surface area contributed by atoms with E-state index in [1.807, 2.05) is 4.90 Å². The smallest absolute Gasteiger partial charge is 0.338 e. The molecule has 0 unspecified atom stereocenters. The van der Waals surface area contributed by atoms with Gasteiger partial charge in [0, 0.05) is 25.4 Å². The van der Waals surface area contributed by atoms with Gasteiger partial charge in [0.1, 0.15) is 12.3 Å². The molecule has 2 aromatic rings. The number of aromatic nitrogens is 1. The Balaban J connectivity index is 1.75. The van der Waals surface area contributed by atoms with Crippen LogP contribution in [0, 0.1) is 16.0 Å². The van der Waals surface area contributed by atoms with Crippen molar-refractivity contribution in [3.05, 3.63) is 64.0 Å². The van der Waals surface area contributed by atoms with Crippen LogP contribution in [0.4, 0.5) is 11.4 Å². The summed E-state index contributed by atoms with van der Waals surface area (Å²) in [5.74, 6) is 0.0312. The van der Waals surface area contributed by atoms with Gasteiger partial charge in [0.25, 0.3) is 5.69 Å². The minimum atomic E-state index is -0.599. The van der Waals surface area contributed by atoms with Crippen molar-refractivity contribution in [2.45, 2.75) is 26.4 Å². The van der Waals surface area contributed by atoms with Crippen LogP contribution < -0.4 is 4.90 Å². The number of rotatable bonds is 5. The molecule has 7 heteroatoms. The van der Waals surface area contributed by atoms with E-state index < -0.39 is 10.9 Å². The van der Waals surface area contributed by atoms with Crippen LogP contribution in [0.2, 0.25) is 0 Å². The van der Waals surface area contributed by atoms with Gasteiger partial charge in [-0.05, 0) is 43.0 Å². The first-order valence-electron chi connectivity index (χ1n) is 8.65. The average molecular weight is 355 g/mol. The molecule has 7 nitrogen and oxygen atoms in total. The lowest BCUT2D eigenvalue weighted by atomic mass is 9.98. The summed E-state index contributed by atoms with van der Waals surface area (Å²) in [5.41, 5.74) is 1.28. The van der Waals surface area contributed by atoms with Gasteiger partial charge in [0.05, 0.1) is 16.2 Å². The first-order chi connectivity index (χ1) is 12.5. The van der Waals surface area contributed by atoms with E-state index >= 15 is 0 Å². The Morgan fingerprint density at radius 3 is 2.73 bits per heavy atom. The van der Waals surface area contributed by atoms with E-state index in [1.165, 1.54) is 6.07 Å². The normalized spacial score (nSPS) is 14.9. The fourth-order valence-electron chi connectivity index (χ4n) is 3.02. The van der Waals surface area contributed by atoms with Crippen LogP contribution in [0.5, 0.6) is 0 Å². The Morgan fingerprint density at radius 2 is 2.08 bits per heavy atom. The summed E-state index contributed by atoms with van der Waals surface area (Å²) in [4.78, 5) is 29.4. The second-order valence-electron chi connectivity index (χ2n) is 6.53. The number of ether oxygens (including phenoxy) is 1. The zero-order valence-corrected chi connectivity index (χ0v) is 14.6. The van der Waals surface area contributed by atoms with E-state index in [4.69, 9.17) is 4.74 Å². The lowest BCUT2D eigenvalue weighted by Gasteiger charge is -2.31. The molecule has 1 aromatic carbocycles. The zero-order chi connectivity index (χ0) is 18.5. The molecule has 1 aliphatic heterocycles. The van der Waals surface area contributed by atoms with Crippen LogP contribution in [0.25, 0.3) is 0 Å². The van der Waals surface area contributed by atoms with Gasteiger partial charge in [-0.2, -0.15) is 0 Å². The highest BCUT2D eigenvalue weighted by molar-refractivity contribution is 5.91. The first kappa shape index (κ1) is 17.8. The average Bonchev–Trinajstić information content (AvgIpc) is 2.67. The Kier molecular flexibility index (Phi) is 5.46. The lowest BCUT2D eigenvalue weighted by Crippen LogP contribution is -2.33. The minimum absolute atomic E-state index is 0.0270. The second kappa shape index (κ2) is 7.95. The molecular weight excluding hydrogens is 334 g/mol. The van der Waals surface area contributed by atoms with Crippen LogP contribution in [-0.2, 0) is 11.3 Å². The quantitative estimate of drug-likeness (QED) is 0.463. The third-order valence-electron chi connectivity index (χ3n) is 4.61. The fraction of sp³-hybridized carbons (Fsp3) is 0.368. The highest BCUT2D eigenvalue weighted by Crippen LogP contribution is 2.32. The molecule has 0 spiro atoms. The largest absolute Gasteiger partial charge is 0.456 e. The number of esters is 1. The number of hydrogen-bond donors (Lipinski definition) is 0. The zero-order valence-electron chi connectivity index (χ0n) is 14.6. The third-order valence-corrected chi connectivity index (χ3v) is 4.61. The van der Waals surface area contributed by atoms with E-state index in [1.54, 1.807) is 36.5 Å². The maximum atomic E-state index is 12.2. The Hall–Kier alpha value is -2.96. The van der Waals surface area contributed by atoms with Crippen molar-refractivity contribution < 1.29 is 14.5 Å². The molecule has 0 N–H and O–H groups in total. The van der Waals surface area contributed by atoms with Crippen molar-refractivity contribution in [1.29, 1.82) is 0 Å². The molecule has 0 amide bonds. The van der Waals surface area contributed by atoms with Gasteiger partial charge < -0.3 is 9.64 Å². The molecule has 0 saturated carbocycles. The SMILES string of the molecule is CC1CCN(c2ccc(C(=O)OCc3ccccn3)cc2[N+](=O)[O-])CC1. The van der Waals surface area contributed by atoms with E-state index in [0.717, 1.165) is 25.9 Å². The number of pyridine rings is 1. The van der Waals surface area contributed by atoms with Crippen molar-refractivity contribution in [2.24, 2.45) is 5.92 Å². The topological polar surface area (TPSA) is 85.6 Å². The number of carbonyl (C=O) groups excluding carboxylic acids is 1. The fourth-order valence-corrected chi connectivity index (χ4v) is 3.02. The van der Waals surface area contributed by atoms with Gasteiger partial charge in [0.15, 0.2) is 0 Å². The molecule has 0 bridgehead atoms. The molecule has 1 fully saturated rings. The molecule has 0 atom stereocenters. The number of benzene rings is 1. The molecule has 1 aromatic heterocycles. The summed E-state index contributed by atoms with van der Waals surface area (Å²) in [6, 6.07) is 9.85. The summed E-state index contributed by atoms with van der Waals surface area (Å²) in [6.07, 6.45) is 3.62. The summed E-state index contributed by atoms with van der Waals surface area (Å²) in [5, 5.41) is 11.5. The summed E-state index contributed by atoms with van der Waals surface area (Å²) in [6.45, 7) is 3.78. The van der Waals surface area contributed by atoms with Crippen LogP contribution in [-0.4, -0.2) is 29.0 Å². The number of anilines is 1. The maximum absolute atomic E-state index is 12.2. The molecule has 0 aliphatic carbocycles. The van der Waals surface area contributed by atoms with Crippen molar-refractivity contribution in [3.63, 3.8) is 0 Å². The highest BCUT2D eigenvalue weighted by Gasteiger charge is 2.25. The summed E-state index contributed by atoms with van der Waals surface area (Å²) in [7, 11) is 0. The molecule has 2 heterocycles. The first-order valence-corrected chi connectivity index (χ1v) is 8.65. The number of nitro benzene ring substituents is 1. The minimum Gasteiger partial charge on any atom is -0.456 e. The Morgan fingerprint density at radius 1 is 1.31 bits per heavy atom. The van der Waals surface area contributed by atoms with Crippen molar-refractivity contribution in [1.82, 2.24) is 4.98 Å². The Labute approximate surface area is 151 Å². The van der Waals surface area contributed by atoms with Crippen LogP contribution >= 0.6 is 0 Å². The van der Waals surface area contributed by atoms with Crippen LogP contribution in [0.1, 0.15) is 35.8 Å². The van der Waals surface area contributed by atoms with Crippen molar-refractivity contribution in [3.8, 4) is 0 Å². The lowest BCUT2D eigenvalue weighted by molar-refractivity contribution is -0.384. The number of piperidine rings is 1. The summed E-state index contributed by atoms with van der Waals surface area (Å²) >= 11 is 0. The van der Waals surface area contributed by atoms with Gasteiger partial charge in [-0.15, -0.1) is 0 Å². The molecular formula is C19H21N3O4. The monoisotopic (exact) mass is 355 g/mol. The molecule has 0 radical (unpaired) electrons. The number of hydrogen-bond acceptors (Lipinski definition) is 6. The molecule has 1 saturated heterocycles. The molecule has 136 valence electrons. The van der Waals surface area contributed by atoms with Gasteiger partial charge in [-0.3, -0.25) is 15.1 Å². The van der Waals surface area contributed by atoms with E-state index in [2.05, 4.69) is 11.9 Å². The third kappa shape index (κ3) is 4.17. The predicted octanol–water partition coefficient (Wildman–Crippen LogP) is 3.58. The summed E-state index contributed by atoms with van der Waals surface area (Å²) < 4.78 is 5.21. The predicted molar refractivity (Wildman–Crippen MR) is 97.1 cm³/mol. The van der Waals surface area contributed by atoms with Crippen LogP contribution in [0.15, 0.2) is 42.6 Å². The van der Waals surface area contributed by atoms with Gasteiger partial charge >= 0.3 is 5.97 Å². The second-order valence-corrected chi connectivity index (χ2v) is 6.53. The number of nitrogens with zero attached hydrogens (tertiary/aromatic N) is 3. The van der Waals surface area contributed by atoms with Gasteiger partial charge in [0.2, 0.25) is 0 Å². The van der Waals surface area contributed by atoms with E-state index in [-0.39, 0.29) is 17.9 Å². The van der Waals surface area contributed by atoms with Crippen molar-refractivity contribution in [2.75, 3.05) is 18.0 Å². The van der Waals surface area contributed by atoms with E-state index in [0.29, 0.717) is 17.3 Å². The molecule has 26 heavy (non-hydrogen) atoms. The van der Waals surface area contributed by atoms with Crippen molar-refractivity contribution >= 4 is 17.3 Å². The van der Waals surface area contributed by atoms with Gasteiger partial charge in [-0.25, -0.2) is 4.79 Å². The molecule has 3 rings (SSSR count). The maximum Gasteiger partial charge on any atom is 0.338 e. The number of nitro groups is 1. The van der Waals surface area contributed by atoms with E-state index in [9.17, 15) is 14.9 Å².